The normalized spacial score (nSPS) is 12.8. The van der Waals surface area contributed by atoms with Gasteiger partial charge in [0.2, 0.25) is 0 Å². The number of nitrogens with one attached hydrogen (secondary N) is 3. The van der Waals surface area contributed by atoms with E-state index < -0.39 is 30.8 Å². The van der Waals surface area contributed by atoms with E-state index in [0.717, 1.165) is 6.54 Å². The maximum atomic E-state index is 12.5. The Morgan fingerprint density at radius 1 is 1.24 bits per heavy atom. The van der Waals surface area contributed by atoms with E-state index in [1.54, 1.807) is 18.3 Å². The molecule has 3 aromatic rings. The molecular formula is C21H25ClF3N7O. The Morgan fingerprint density at radius 3 is 2.67 bits per heavy atom. The molecule has 12 heteroatoms. The van der Waals surface area contributed by atoms with Crippen LogP contribution in [0.2, 0.25) is 5.02 Å². The Labute approximate surface area is 194 Å². The summed E-state index contributed by atoms with van der Waals surface area (Å²) in [6.07, 6.45) is -2.92. The van der Waals surface area contributed by atoms with Crippen molar-refractivity contribution in [2.45, 2.75) is 32.0 Å². The SMILES string of the molecule is C[C@H](Nc1cc(NCCN(C)C)nc(-c2c[nH]c3ncc(Cl)cc23)n1)C(=O)CCC(F)(F)F. The Morgan fingerprint density at radius 2 is 1.97 bits per heavy atom. The molecule has 0 fully saturated rings. The highest BCUT2D eigenvalue weighted by molar-refractivity contribution is 6.31. The fourth-order valence-corrected chi connectivity index (χ4v) is 3.24. The molecule has 3 heterocycles. The third-order valence-corrected chi connectivity index (χ3v) is 5.04. The third-order valence-electron chi connectivity index (χ3n) is 4.83. The van der Waals surface area contributed by atoms with Crippen LogP contribution in [0.5, 0.6) is 0 Å². The molecule has 1 atom stereocenters. The third kappa shape index (κ3) is 7.03. The number of alkyl halides is 3. The first-order valence-corrected chi connectivity index (χ1v) is 10.7. The van der Waals surface area contributed by atoms with Gasteiger partial charge in [-0.15, -0.1) is 0 Å². The van der Waals surface area contributed by atoms with Crippen molar-refractivity contribution in [1.82, 2.24) is 24.8 Å². The number of anilines is 2. The summed E-state index contributed by atoms with van der Waals surface area (Å²) in [5.74, 6) is 0.600. The van der Waals surface area contributed by atoms with E-state index in [0.29, 0.717) is 45.6 Å². The van der Waals surface area contributed by atoms with Crippen molar-refractivity contribution in [3.8, 4) is 11.4 Å². The number of Topliss-reactive ketones (excluding diaryl/α,β-unsaturated/α-hetero) is 1. The molecule has 3 aromatic heterocycles. The standard InChI is InChI=1S/C21H25ClF3N7O/c1-12(16(33)4-5-21(23,24)25)29-18-9-17(26-6-7-32(2)3)30-20(31-18)15-11-28-19-14(15)8-13(22)10-27-19/h8-12H,4-7H2,1-3H3,(H,27,28)(H2,26,29,30,31)/t12-/m0/s1. The van der Waals surface area contributed by atoms with Crippen LogP contribution in [0.25, 0.3) is 22.4 Å². The Balaban J connectivity index is 1.89. The summed E-state index contributed by atoms with van der Waals surface area (Å²) in [4.78, 5) is 30.5. The summed E-state index contributed by atoms with van der Waals surface area (Å²) >= 11 is 6.10. The number of pyridine rings is 1. The van der Waals surface area contributed by atoms with Crippen molar-refractivity contribution in [3.63, 3.8) is 0 Å². The van der Waals surface area contributed by atoms with E-state index >= 15 is 0 Å². The number of carbonyl (C=O) groups excluding carboxylic acids is 1. The molecule has 0 spiro atoms. The first-order valence-electron chi connectivity index (χ1n) is 10.3. The minimum Gasteiger partial charge on any atom is -0.369 e. The van der Waals surface area contributed by atoms with Gasteiger partial charge in [-0.25, -0.2) is 15.0 Å². The van der Waals surface area contributed by atoms with Crippen molar-refractivity contribution < 1.29 is 18.0 Å². The first-order chi connectivity index (χ1) is 15.5. The number of hydrogen-bond donors (Lipinski definition) is 3. The summed E-state index contributed by atoms with van der Waals surface area (Å²) < 4.78 is 37.4. The van der Waals surface area contributed by atoms with Crippen LogP contribution in [-0.2, 0) is 4.79 Å². The van der Waals surface area contributed by atoms with Crippen molar-refractivity contribution in [3.05, 3.63) is 29.5 Å². The summed E-state index contributed by atoms with van der Waals surface area (Å²) in [7, 11) is 3.88. The molecule has 0 saturated carbocycles. The monoisotopic (exact) mass is 483 g/mol. The molecule has 0 bridgehead atoms. The molecule has 0 aliphatic rings. The average Bonchev–Trinajstić information content (AvgIpc) is 3.14. The van der Waals surface area contributed by atoms with Crippen molar-refractivity contribution in [2.24, 2.45) is 0 Å². The molecule has 0 radical (unpaired) electrons. The number of H-pyrrole nitrogens is 1. The van der Waals surface area contributed by atoms with Crippen molar-refractivity contribution in [2.75, 3.05) is 37.8 Å². The van der Waals surface area contributed by atoms with Gasteiger partial charge >= 0.3 is 6.18 Å². The smallest absolute Gasteiger partial charge is 0.369 e. The minimum absolute atomic E-state index is 0.310. The maximum absolute atomic E-state index is 12.5. The van der Waals surface area contributed by atoms with Gasteiger partial charge in [-0.2, -0.15) is 13.2 Å². The number of aromatic nitrogens is 4. The molecule has 178 valence electrons. The lowest BCUT2D eigenvalue weighted by Gasteiger charge is -2.16. The molecule has 3 N–H and O–H groups in total. The number of carbonyl (C=O) groups is 1. The van der Waals surface area contributed by atoms with E-state index in [1.807, 2.05) is 19.0 Å². The molecule has 0 unspecified atom stereocenters. The second-order valence-electron chi connectivity index (χ2n) is 7.89. The lowest BCUT2D eigenvalue weighted by atomic mass is 10.1. The van der Waals surface area contributed by atoms with Crippen molar-refractivity contribution in [1.29, 1.82) is 0 Å². The predicted molar refractivity (Wildman–Crippen MR) is 123 cm³/mol. The van der Waals surface area contributed by atoms with Crippen LogP contribution in [0.3, 0.4) is 0 Å². The summed E-state index contributed by atoms with van der Waals surface area (Å²) in [5, 5.41) is 7.28. The number of fused-ring (bicyclic) bond motifs is 1. The van der Waals surface area contributed by atoms with Gasteiger partial charge in [-0.05, 0) is 27.1 Å². The Kier molecular flexibility index (Phi) is 7.75. The molecule has 0 aromatic carbocycles. The number of likely N-dealkylation sites (N-methyl/N-ethyl adjacent to an activating group) is 1. The highest BCUT2D eigenvalue weighted by Gasteiger charge is 2.29. The number of hydrogen-bond acceptors (Lipinski definition) is 7. The number of rotatable bonds is 10. The van der Waals surface area contributed by atoms with Crippen LogP contribution in [0, 0.1) is 0 Å². The van der Waals surface area contributed by atoms with Crippen LogP contribution in [-0.4, -0.2) is 70.0 Å². The zero-order chi connectivity index (χ0) is 24.2. The minimum atomic E-state index is -4.38. The number of ketones is 1. The quantitative estimate of drug-likeness (QED) is 0.394. The number of nitrogens with zero attached hydrogens (tertiary/aromatic N) is 4. The fraction of sp³-hybridized carbons (Fsp3) is 0.429. The summed E-state index contributed by atoms with van der Waals surface area (Å²) in [5.41, 5.74) is 1.25. The number of halogens is 4. The van der Waals surface area contributed by atoms with E-state index in [-0.39, 0.29) is 0 Å². The molecule has 3 rings (SSSR count). The maximum Gasteiger partial charge on any atom is 0.389 e. The van der Waals surface area contributed by atoms with Gasteiger partial charge in [-0.3, -0.25) is 4.79 Å². The van der Waals surface area contributed by atoms with Crippen LogP contribution < -0.4 is 10.6 Å². The largest absolute Gasteiger partial charge is 0.389 e. The average molecular weight is 484 g/mol. The van der Waals surface area contributed by atoms with Crippen LogP contribution in [0.4, 0.5) is 24.8 Å². The first kappa shape index (κ1) is 24.7. The van der Waals surface area contributed by atoms with E-state index in [4.69, 9.17) is 11.6 Å². The van der Waals surface area contributed by atoms with Gasteiger partial charge in [0.15, 0.2) is 11.6 Å². The van der Waals surface area contributed by atoms with Gasteiger partial charge in [0.25, 0.3) is 0 Å². The van der Waals surface area contributed by atoms with E-state index in [2.05, 4.69) is 30.6 Å². The lowest BCUT2D eigenvalue weighted by Crippen LogP contribution is -2.28. The van der Waals surface area contributed by atoms with Crippen LogP contribution >= 0.6 is 11.6 Å². The molecule has 0 amide bonds. The second kappa shape index (κ2) is 10.3. The predicted octanol–water partition coefficient (Wildman–Crippen LogP) is 4.36. The summed E-state index contributed by atoms with van der Waals surface area (Å²) in [6, 6.07) is 2.50. The zero-order valence-electron chi connectivity index (χ0n) is 18.4. The van der Waals surface area contributed by atoms with E-state index in [1.165, 1.54) is 13.1 Å². The highest BCUT2D eigenvalue weighted by atomic mass is 35.5. The molecule has 0 aliphatic heterocycles. The zero-order valence-corrected chi connectivity index (χ0v) is 19.2. The molecule has 8 nitrogen and oxygen atoms in total. The molecular weight excluding hydrogens is 459 g/mol. The van der Waals surface area contributed by atoms with E-state index in [9.17, 15) is 18.0 Å². The van der Waals surface area contributed by atoms with Crippen molar-refractivity contribution >= 4 is 40.1 Å². The number of aromatic amines is 1. The van der Waals surface area contributed by atoms with Gasteiger partial charge in [0.1, 0.15) is 17.3 Å². The fourth-order valence-electron chi connectivity index (χ4n) is 3.09. The highest BCUT2D eigenvalue weighted by Crippen LogP contribution is 2.29. The topological polar surface area (TPSA) is 98.8 Å². The van der Waals surface area contributed by atoms with Crippen LogP contribution in [0.1, 0.15) is 19.8 Å². The Bertz CT molecular complexity index is 1120. The Hall–Kier alpha value is -2.92. The van der Waals surface area contributed by atoms with Gasteiger partial charge in [-0.1, -0.05) is 11.6 Å². The lowest BCUT2D eigenvalue weighted by molar-refractivity contribution is -0.143. The van der Waals surface area contributed by atoms with Gasteiger partial charge in [0, 0.05) is 48.9 Å². The molecule has 33 heavy (non-hydrogen) atoms. The van der Waals surface area contributed by atoms with Crippen LogP contribution in [0.15, 0.2) is 24.5 Å². The van der Waals surface area contributed by atoms with Gasteiger partial charge < -0.3 is 20.5 Å². The molecule has 0 saturated heterocycles. The molecule has 0 aliphatic carbocycles. The van der Waals surface area contributed by atoms with Gasteiger partial charge in [0.05, 0.1) is 17.5 Å². The second-order valence-corrected chi connectivity index (χ2v) is 8.33. The summed E-state index contributed by atoms with van der Waals surface area (Å²) in [6.45, 7) is 2.86.